The predicted octanol–water partition coefficient (Wildman–Crippen LogP) is 3.64. The van der Waals surface area contributed by atoms with E-state index in [1.807, 2.05) is 42.9 Å². The smallest absolute Gasteiger partial charge is 0.103 e. The van der Waals surface area contributed by atoms with Crippen LogP contribution in [0.1, 0.15) is 18.2 Å². The fraction of sp³-hybridized carbons (Fsp3) is 0.357. The second kappa shape index (κ2) is 6.46. The van der Waals surface area contributed by atoms with E-state index >= 15 is 0 Å². The summed E-state index contributed by atoms with van der Waals surface area (Å²) in [5, 5.41) is 9.79. The zero-order valence-electron chi connectivity index (χ0n) is 11.4. The number of aromatic nitrogens is 2. The van der Waals surface area contributed by atoms with Gasteiger partial charge in [-0.25, -0.2) is 0 Å². The Hall–Kier alpha value is -0.970. The minimum absolute atomic E-state index is 0.778. The van der Waals surface area contributed by atoms with Crippen molar-refractivity contribution in [3.05, 3.63) is 40.5 Å². The van der Waals surface area contributed by atoms with E-state index in [4.69, 9.17) is 11.6 Å². The van der Waals surface area contributed by atoms with Gasteiger partial charge in [0.25, 0.3) is 0 Å². The average molecular weight is 296 g/mol. The van der Waals surface area contributed by atoms with Gasteiger partial charge in [0, 0.05) is 24.1 Å². The van der Waals surface area contributed by atoms with Crippen molar-refractivity contribution in [2.45, 2.75) is 30.3 Å². The first-order valence-corrected chi connectivity index (χ1v) is 7.48. The van der Waals surface area contributed by atoms with Gasteiger partial charge in [-0.1, -0.05) is 42.4 Å². The van der Waals surface area contributed by atoms with Crippen molar-refractivity contribution in [2.75, 3.05) is 6.54 Å². The molecule has 0 aliphatic rings. The quantitative estimate of drug-likeness (QED) is 0.913. The molecule has 0 bridgehead atoms. The second-order valence-corrected chi connectivity index (χ2v) is 5.74. The molecule has 3 nitrogen and oxygen atoms in total. The van der Waals surface area contributed by atoms with Crippen LogP contribution in [0.5, 0.6) is 0 Å². The second-order valence-electron chi connectivity index (χ2n) is 4.31. The van der Waals surface area contributed by atoms with Crippen molar-refractivity contribution < 1.29 is 0 Å². The third-order valence-electron chi connectivity index (χ3n) is 2.88. The normalized spacial score (nSPS) is 10.9. The van der Waals surface area contributed by atoms with Crippen molar-refractivity contribution in [3.63, 3.8) is 0 Å². The molecule has 0 atom stereocenters. The van der Waals surface area contributed by atoms with E-state index in [0.717, 1.165) is 33.7 Å². The Morgan fingerprint density at radius 3 is 2.79 bits per heavy atom. The van der Waals surface area contributed by atoms with Gasteiger partial charge in [0.2, 0.25) is 0 Å². The van der Waals surface area contributed by atoms with E-state index in [2.05, 4.69) is 17.3 Å². The van der Waals surface area contributed by atoms with Gasteiger partial charge in [0.15, 0.2) is 0 Å². The highest BCUT2D eigenvalue weighted by Crippen LogP contribution is 2.35. The molecule has 19 heavy (non-hydrogen) atoms. The molecule has 1 N–H and O–H groups in total. The molecular formula is C14H18ClN3S. The lowest BCUT2D eigenvalue weighted by molar-refractivity contribution is 0.674. The van der Waals surface area contributed by atoms with E-state index < -0.39 is 0 Å². The number of aryl methyl sites for hydroxylation is 2. The van der Waals surface area contributed by atoms with E-state index in [9.17, 15) is 0 Å². The molecule has 0 amide bonds. The molecule has 0 aliphatic carbocycles. The standard InChI is InChI=1S/C14H18ClN3S/c1-4-16-9-11-10(2)17-18(3)14(11)19-13-8-6-5-7-12(13)15/h5-8,16H,4,9H2,1-3H3. The van der Waals surface area contributed by atoms with Crippen LogP contribution in [0.15, 0.2) is 34.2 Å². The Kier molecular flexibility index (Phi) is 4.91. The fourth-order valence-electron chi connectivity index (χ4n) is 1.89. The first-order chi connectivity index (χ1) is 9.13. The van der Waals surface area contributed by atoms with Crippen molar-refractivity contribution >= 4 is 23.4 Å². The molecule has 2 rings (SSSR count). The molecule has 5 heteroatoms. The van der Waals surface area contributed by atoms with Gasteiger partial charge in [-0.15, -0.1) is 0 Å². The fourth-order valence-corrected chi connectivity index (χ4v) is 3.18. The minimum atomic E-state index is 0.778. The highest BCUT2D eigenvalue weighted by molar-refractivity contribution is 7.99. The molecule has 102 valence electrons. The molecule has 1 heterocycles. The zero-order valence-corrected chi connectivity index (χ0v) is 13.0. The van der Waals surface area contributed by atoms with Crippen LogP contribution in [0.2, 0.25) is 5.02 Å². The van der Waals surface area contributed by atoms with Crippen molar-refractivity contribution in [3.8, 4) is 0 Å². The lowest BCUT2D eigenvalue weighted by atomic mass is 10.2. The van der Waals surface area contributed by atoms with Gasteiger partial charge < -0.3 is 5.32 Å². The molecule has 1 aromatic carbocycles. The minimum Gasteiger partial charge on any atom is -0.313 e. The Labute approximate surface area is 123 Å². The Bertz CT molecular complexity index is 566. The summed E-state index contributed by atoms with van der Waals surface area (Å²) in [6.07, 6.45) is 0. The maximum absolute atomic E-state index is 6.22. The third-order valence-corrected chi connectivity index (χ3v) is 4.61. The summed E-state index contributed by atoms with van der Waals surface area (Å²) in [6, 6.07) is 7.89. The van der Waals surface area contributed by atoms with Crippen LogP contribution in [-0.4, -0.2) is 16.3 Å². The SMILES string of the molecule is CCNCc1c(C)nn(C)c1Sc1ccccc1Cl. The zero-order chi connectivity index (χ0) is 13.8. The first kappa shape index (κ1) is 14.4. The van der Waals surface area contributed by atoms with Crippen LogP contribution in [0.4, 0.5) is 0 Å². The number of hydrogen-bond acceptors (Lipinski definition) is 3. The summed E-state index contributed by atoms with van der Waals surface area (Å²) in [5.41, 5.74) is 2.31. The maximum Gasteiger partial charge on any atom is 0.103 e. The molecule has 1 aromatic heterocycles. The number of hydrogen-bond donors (Lipinski definition) is 1. The lowest BCUT2D eigenvalue weighted by Gasteiger charge is -2.08. The maximum atomic E-state index is 6.22. The van der Waals surface area contributed by atoms with E-state index in [1.54, 1.807) is 11.8 Å². The molecule has 0 aliphatic heterocycles. The molecular weight excluding hydrogens is 278 g/mol. The van der Waals surface area contributed by atoms with Crippen LogP contribution >= 0.6 is 23.4 Å². The number of benzene rings is 1. The van der Waals surface area contributed by atoms with Crippen molar-refractivity contribution in [2.24, 2.45) is 7.05 Å². The summed E-state index contributed by atoms with van der Waals surface area (Å²) < 4.78 is 1.93. The van der Waals surface area contributed by atoms with E-state index in [-0.39, 0.29) is 0 Å². The summed E-state index contributed by atoms with van der Waals surface area (Å²) in [5.74, 6) is 0. The van der Waals surface area contributed by atoms with E-state index in [0.29, 0.717) is 0 Å². The van der Waals surface area contributed by atoms with Gasteiger partial charge in [-0.3, -0.25) is 4.68 Å². The van der Waals surface area contributed by atoms with Crippen LogP contribution in [0, 0.1) is 6.92 Å². The lowest BCUT2D eigenvalue weighted by Crippen LogP contribution is -2.12. The summed E-state index contributed by atoms with van der Waals surface area (Å²) >= 11 is 7.89. The molecule has 0 spiro atoms. The predicted molar refractivity (Wildman–Crippen MR) is 80.9 cm³/mol. The number of rotatable bonds is 5. The summed E-state index contributed by atoms with van der Waals surface area (Å²) in [4.78, 5) is 1.06. The molecule has 0 radical (unpaired) electrons. The first-order valence-electron chi connectivity index (χ1n) is 6.29. The third kappa shape index (κ3) is 3.32. The monoisotopic (exact) mass is 295 g/mol. The van der Waals surface area contributed by atoms with Crippen molar-refractivity contribution in [1.82, 2.24) is 15.1 Å². The molecule has 0 unspecified atom stereocenters. The summed E-state index contributed by atoms with van der Waals surface area (Å²) in [7, 11) is 1.97. The largest absolute Gasteiger partial charge is 0.313 e. The highest BCUT2D eigenvalue weighted by atomic mass is 35.5. The van der Waals surface area contributed by atoms with Crippen LogP contribution in [0.3, 0.4) is 0 Å². The molecule has 0 saturated heterocycles. The van der Waals surface area contributed by atoms with E-state index in [1.165, 1.54) is 5.56 Å². The summed E-state index contributed by atoms with van der Waals surface area (Å²) in [6.45, 7) is 5.93. The number of nitrogens with one attached hydrogen (secondary N) is 1. The topological polar surface area (TPSA) is 29.9 Å². The van der Waals surface area contributed by atoms with Crippen LogP contribution in [-0.2, 0) is 13.6 Å². The van der Waals surface area contributed by atoms with Gasteiger partial charge in [-0.05, 0) is 25.6 Å². The van der Waals surface area contributed by atoms with Gasteiger partial charge >= 0.3 is 0 Å². The molecule has 0 fully saturated rings. The van der Waals surface area contributed by atoms with Gasteiger partial charge in [0.1, 0.15) is 5.03 Å². The van der Waals surface area contributed by atoms with Crippen LogP contribution in [0.25, 0.3) is 0 Å². The molecule has 2 aromatic rings. The Balaban J connectivity index is 2.31. The molecule has 0 saturated carbocycles. The van der Waals surface area contributed by atoms with Crippen LogP contribution < -0.4 is 5.32 Å². The Morgan fingerprint density at radius 2 is 2.11 bits per heavy atom. The number of halogens is 1. The average Bonchev–Trinajstić information content (AvgIpc) is 2.65. The number of nitrogens with zero attached hydrogens (tertiary/aromatic N) is 2. The van der Waals surface area contributed by atoms with Crippen molar-refractivity contribution in [1.29, 1.82) is 0 Å². The Morgan fingerprint density at radius 1 is 1.37 bits per heavy atom. The van der Waals surface area contributed by atoms with Gasteiger partial charge in [0.05, 0.1) is 10.7 Å². The highest BCUT2D eigenvalue weighted by Gasteiger charge is 2.15. The van der Waals surface area contributed by atoms with Gasteiger partial charge in [-0.2, -0.15) is 5.10 Å².